The minimum absolute atomic E-state index is 0.0657. The van der Waals surface area contributed by atoms with Crippen LogP contribution in [0.3, 0.4) is 0 Å². The molecule has 21 heavy (non-hydrogen) atoms. The van der Waals surface area contributed by atoms with Crippen molar-refractivity contribution < 1.29 is 13.5 Å². The van der Waals surface area contributed by atoms with E-state index < -0.39 is 11.6 Å². The summed E-state index contributed by atoms with van der Waals surface area (Å²) >= 11 is 0. The van der Waals surface area contributed by atoms with Gasteiger partial charge in [-0.05, 0) is 45.4 Å². The van der Waals surface area contributed by atoms with Crippen LogP contribution in [0.5, 0.6) is 0 Å². The van der Waals surface area contributed by atoms with E-state index in [1.807, 2.05) is 19.9 Å². The Labute approximate surface area is 123 Å². The maximum Gasteiger partial charge on any atom is 0.185 e. The molecule has 114 valence electrons. The Morgan fingerprint density at radius 1 is 1.29 bits per heavy atom. The highest BCUT2D eigenvalue weighted by molar-refractivity contribution is 5.91. The zero-order chi connectivity index (χ0) is 15.4. The molecule has 2 rings (SSSR count). The molecule has 3 nitrogen and oxygen atoms in total. The summed E-state index contributed by atoms with van der Waals surface area (Å²) < 4.78 is 32.6. The number of fused-ring (bicyclic) bond motifs is 1. The van der Waals surface area contributed by atoms with Gasteiger partial charge in [0, 0.05) is 29.9 Å². The minimum Gasteiger partial charge on any atom is -0.384 e. The molecule has 0 fully saturated rings. The Kier molecular flexibility index (Phi) is 5.07. The Morgan fingerprint density at radius 3 is 2.76 bits per heavy atom. The monoisotopic (exact) mass is 294 g/mol. The van der Waals surface area contributed by atoms with Gasteiger partial charge in [-0.15, -0.1) is 0 Å². The summed E-state index contributed by atoms with van der Waals surface area (Å²) in [6.07, 6.45) is 1.05. The maximum atomic E-state index is 13.8. The quantitative estimate of drug-likeness (QED) is 0.816. The van der Waals surface area contributed by atoms with Gasteiger partial charge in [-0.25, -0.2) is 13.8 Å². The first kappa shape index (κ1) is 15.6. The number of hydrogen-bond acceptors (Lipinski definition) is 3. The third kappa shape index (κ3) is 3.88. The third-order valence-electron chi connectivity index (χ3n) is 3.09. The first-order valence-corrected chi connectivity index (χ1v) is 7.10. The second-order valence-electron chi connectivity index (χ2n) is 5.27. The van der Waals surface area contributed by atoms with Crippen LogP contribution in [0, 0.1) is 18.6 Å². The average molecular weight is 294 g/mol. The van der Waals surface area contributed by atoms with Gasteiger partial charge >= 0.3 is 0 Å². The molecule has 0 aliphatic rings. The van der Waals surface area contributed by atoms with Crippen molar-refractivity contribution >= 4 is 16.6 Å². The van der Waals surface area contributed by atoms with E-state index in [-0.39, 0.29) is 11.6 Å². The van der Waals surface area contributed by atoms with Crippen LogP contribution in [0.2, 0.25) is 0 Å². The predicted octanol–water partition coefficient (Wildman–Crippen LogP) is 4.05. The van der Waals surface area contributed by atoms with Crippen molar-refractivity contribution in [3.05, 3.63) is 35.5 Å². The second kappa shape index (κ2) is 6.80. The fourth-order valence-electron chi connectivity index (χ4n) is 2.12. The summed E-state index contributed by atoms with van der Waals surface area (Å²) in [6, 6.07) is 4.51. The summed E-state index contributed by atoms with van der Waals surface area (Å²) in [5, 5.41) is 3.83. The van der Waals surface area contributed by atoms with Gasteiger partial charge < -0.3 is 10.1 Å². The SMILES string of the molecule is Cc1cc(NCCCOC(C)C)c2ccc(F)c(F)c2n1. The second-order valence-corrected chi connectivity index (χ2v) is 5.27. The van der Waals surface area contributed by atoms with Gasteiger partial charge in [0.15, 0.2) is 11.6 Å². The highest BCUT2D eigenvalue weighted by Crippen LogP contribution is 2.26. The molecular weight excluding hydrogens is 274 g/mol. The summed E-state index contributed by atoms with van der Waals surface area (Å²) in [4.78, 5) is 4.08. The number of anilines is 1. The first-order valence-electron chi connectivity index (χ1n) is 7.10. The number of nitrogens with zero attached hydrogens (tertiary/aromatic N) is 1. The molecule has 0 bridgehead atoms. The molecule has 1 heterocycles. The Morgan fingerprint density at radius 2 is 2.05 bits per heavy atom. The number of halogens is 2. The molecule has 0 saturated heterocycles. The lowest BCUT2D eigenvalue weighted by Gasteiger charge is -2.12. The van der Waals surface area contributed by atoms with Crippen LogP contribution in [-0.4, -0.2) is 24.2 Å². The van der Waals surface area contributed by atoms with Gasteiger partial charge in [0.05, 0.1) is 6.10 Å². The fourth-order valence-corrected chi connectivity index (χ4v) is 2.12. The lowest BCUT2D eigenvalue weighted by molar-refractivity contribution is 0.0787. The van der Waals surface area contributed by atoms with E-state index in [1.54, 1.807) is 13.0 Å². The van der Waals surface area contributed by atoms with Crippen molar-refractivity contribution in [3.63, 3.8) is 0 Å². The number of nitrogens with one attached hydrogen (secondary N) is 1. The molecule has 0 spiro atoms. The van der Waals surface area contributed by atoms with E-state index >= 15 is 0 Å². The zero-order valence-electron chi connectivity index (χ0n) is 12.5. The van der Waals surface area contributed by atoms with Crippen molar-refractivity contribution in [1.82, 2.24) is 4.98 Å². The molecular formula is C16H20F2N2O. The summed E-state index contributed by atoms with van der Waals surface area (Å²) in [6.45, 7) is 7.10. The van der Waals surface area contributed by atoms with Crippen LogP contribution in [0.1, 0.15) is 26.0 Å². The lowest BCUT2D eigenvalue weighted by atomic mass is 10.1. The molecule has 1 aromatic carbocycles. The van der Waals surface area contributed by atoms with Crippen molar-refractivity contribution in [2.45, 2.75) is 33.3 Å². The number of benzene rings is 1. The Balaban J connectivity index is 2.14. The largest absolute Gasteiger partial charge is 0.384 e. The maximum absolute atomic E-state index is 13.8. The average Bonchev–Trinajstić information content (AvgIpc) is 2.42. The Bertz CT molecular complexity index is 629. The lowest BCUT2D eigenvalue weighted by Crippen LogP contribution is -2.10. The highest BCUT2D eigenvalue weighted by atomic mass is 19.2. The van der Waals surface area contributed by atoms with E-state index in [4.69, 9.17) is 4.74 Å². The van der Waals surface area contributed by atoms with Gasteiger partial charge in [-0.1, -0.05) is 0 Å². The smallest absolute Gasteiger partial charge is 0.185 e. The predicted molar refractivity (Wildman–Crippen MR) is 80.6 cm³/mol. The van der Waals surface area contributed by atoms with Crippen LogP contribution >= 0.6 is 0 Å². The van der Waals surface area contributed by atoms with Crippen molar-refractivity contribution in [2.24, 2.45) is 0 Å². The molecule has 1 aromatic heterocycles. The zero-order valence-corrected chi connectivity index (χ0v) is 12.5. The molecule has 0 aliphatic heterocycles. The van der Waals surface area contributed by atoms with E-state index in [9.17, 15) is 8.78 Å². The minimum atomic E-state index is -0.901. The van der Waals surface area contributed by atoms with Gasteiger partial charge in [0.1, 0.15) is 5.52 Å². The molecule has 0 amide bonds. The van der Waals surface area contributed by atoms with Crippen LogP contribution in [0.15, 0.2) is 18.2 Å². The van der Waals surface area contributed by atoms with E-state index in [2.05, 4.69) is 10.3 Å². The highest BCUT2D eigenvalue weighted by Gasteiger charge is 2.12. The van der Waals surface area contributed by atoms with E-state index in [1.165, 1.54) is 0 Å². The molecule has 0 unspecified atom stereocenters. The van der Waals surface area contributed by atoms with Gasteiger partial charge in [0.25, 0.3) is 0 Å². The number of aromatic nitrogens is 1. The molecule has 5 heteroatoms. The van der Waals surface area contributed by atoms with Crippen molar-refractivity contribution in [1.29, 1.82) is 0 Å². The van der Waals surface area contributed by atoms with Crippen LogP contribution < -0.4 is 5.32 Å². The standard InChI is InChI=1S/C16H20F2N2O/c1-10(2)21-8-4-7-19-14-9-11(3)20-16-12(14)5-6-13(17)15(16)18/h5-6,9-10H,4,7-8H2,1-3H3,(H,19,20). The van der Waals surface area contributed by atoms with E-state index in [0.29, 0.717) is 24.2 Å². The number of pyridine rings is 1. The van der Waals surface area contributed by atoms with Gasteiger partial charge in [0.2, 0.25) is 0 Å². The molecule has 0 aliphatic carbocycles. The van der Waals surface area contributed by atoms with Crippen molar-refractivity contribution in [3.8, 4) is 0 Å². The molecule has 0 saturated carbocycles. The topological polar surface area (TPSA) is 34.1 Å². The van der Waals surface area contributed by atoms with Crippen LogP contribution in [0.25, 0.3) is 10.9 Å². The summed E-state index contributed by atoms with van der Waals surface area (Å²) in [7, 11) is 0. The molecule has 0 atom stereocenters. The van der Waals surface area contributed by atoms with E-state index in [0.717, 1.165) is 18.2 Å². The molecule has 1 N–H and O–H groups in total. The van der Waals surface area contributed by atoms with Crippen LogP contribution in [0.4, 0.5) is 14.5 Å². The number of hydrogen-bond donors (Lipinski definition) is 1. The van der Waals surface area contributed by atoms with Gasteiger partial charge in [-0.2, -0.15) is 0 Å². The molecule has 0 radical (unpaired) electrons. The number of ether oxygens (including phenoxy) is 1. The van der Waals surface area contributed by atoms with Crippen molar-refractivity contribution in [2.75, 3.05) is 18.5 Å². The third-order valence-corrected chi connectivity index (χ3v) is 3.09. The fraction of sp³-hybridized carbons (Fsp3) is 0.438. The number of rotatable bonds is 6. The molecule has 2 aromatic rings. The number of aryl methyl sites for hydroxylation is 1. The summed E-state index contributed by atoms with van der Waals surface area (Å²) in [5.74, 6) is -1.78. The van der Waals surface area contributed by atoms with Crippen LogP contribution in [-0.2, 0) is 4.74 Å². The van der Waals surface area contributed by atoms with Gasteiger partial charge in [-0.3, -0.25) is 0 Å². The first-order chi connectivity index (χ1) is 9.99. The summed E-state index contributed by atoms with van der Waals surface area (Å²) in [5.41, 5.74) is 1.48. The Hall–Kier alpha value is -1.75. The normalized spacial score (nSPS) is 11.3.